The molecule has 7 heteroatoms. The Labute approximate surface area is 128 Å². The topological polar surface area (TPSA) is 89.8 Å². The molecule has 0 spiro atoms. The standard InChI is InChI=1S/C15H18N2O5/c1-2-3-10-22-14-9-8-13(18)16(14)15(19)11-4-6-12(7-5-11)17(20)21/h4-7,14H,2-3,8-10H2,1H3. The molecular weight excluding hydrogens is 288 g/mol. The second kappa shape index (κ2) is 7.13. The first kappa shape index (κ1) is 16.1. The number of hydrogen-bond donors (Lipinski definition) is 0. The molecule has 0 N–H and O–H groups in total. The number of benzene rings is 1. The van der Waals surface area contributed by atoms with Gasteiger partial charge in [0.2, 0.25) is 5.91 Å². The SMILES string of the molecule is CCCCOC1CCC(=O)N1C(=O)c1ccc([N+](=O)[O-])cc1. The number of carbonyl (C=O) groups is 2. The monoisotopic (exact) mass is 306 g/mol. The van der Waals surface area contributed by atoms with Gasteiger partial charge in [0.25, 0.3) is 11.6 Å². The molecule has 1 fully saturated rings. The van der Waals surface area contributed by atoms with E-state index in [0.717, 1.165) is 17.7 Å². The fraction of sp³-hybridized carbons (Fsp3) is 0.467. The van der Waals surface area contributed by atoms with Crippen LogP contribution < -0.4 is 0 Å². The first-order valence-electron chi connectivity index (χ1n) is 7.27. The lowest BCUT2D eigenvalue weighted by molar-refractivity contribution is -0.384. The van der Waals surface area contributed by atoms with Crippen molar-refractivity contribution in [3.63, 3.8) is 0 Å². The van der Waals surface area contributed by atoms with Gasteiger partial charge in [-0.2, -0.15) is 0 Å². The molecule has 1 aliphatic rings. The van der Waals surface area contributed by atoms with Gasteiger partial charge in [0.15, 0.2) is 0 Å². The van der Waals surface area contributed by atoms with Gasteiger partial charge >= 0.3 is 0 Å². The maximum absolute atomic E-state index is 12.4. The van der Waals surface area contributed by atoms with Crippen molar-refractivity contribution in [2.45, 2.75) is 38.8 Å². The normalized spacial score (nSPS) is 17.8. The van der Waals surface area contributed by atoms with Crippen LogP contribution in [0.3, 0.4) is 0 Å². The lowest BCUT2D eigenvalue weighted by Crippen LogP contribution is -2.40. The Morgan fingerprint density at radius 2 is 2.09 bits per heavy atom. The molecule has 2 rings (SSSR count). The second-order valence-electron chi connectivity index (χ2n) is 5.09. The third-order valence-electron chi connectivity index (χ3n) is 3.51. The van der Waals surface area contributed by atoms with E-state index in [1.54, 1.807) is 0 Å². The van der Waals surface area contributed by atoms with Gasteiger partial charge in [0, 0.05) is 37.1 Å². The highest BCUT2D eigenvalue weighted by Crippen LogP contribution is 2.23. The predicted molar refractivity (Wildman–Crippen MR) is 78.2 cm³/mol. The van der Waals surface area contributed by atoms with Crippen LogP contribution in [0, 0.1) is 10.1 Å². The first-order valence-corrected chi connectivity index (χ1v) is 7.27. The van der Waals surface area contributed by atoms with Gasteiger partial charge in [-0.1, -0.05) is 13.3 Å². The average molecular weight is 306 g/mol. The Morgan fingerprint density at radius 1 is 1.41 bits per heavy atom. The summed E-state index contributed by atoms with van der Waals surface area (Å²) in [6, 6.07) is 5.21. The molecule has 0 saturated carbocycles. The lowest BCUT2D eigenvalue weighted by atomic mass is 10.2. The number of likely N-dealkylation sites (tertiary alicyclic amines) is 1. The predicted octanol–water partition coefficient (Wildman–Crippen LogP) is 2.50. The van der Waals surface area contributed by atoms with E-state index in [1.165, 1.54) is 24.3 Å². The van der Waals surface area contributed by atoms with E-state index in [2.05, 4.69) is 0 Å². The summed E-state index contributed by atoms with van der Waals surface area (Å²) >= 11 is 0. The number of nitrogens with zero attached hydrogens (tertiary/aromatic N) is 2. The molecule has 1 unspecified atom stereocenters. The largest absolute Gasteiger partial charge is 0.358 e. The number of ether oxygens (including phenoxy) is 1. The Kier molecular flexibility index (Phi) is 5.21. The Bertz CT molecular complexity index is 570. The number of nitro groups is 1. The lowest BCUT2D eigenvalue weighted by Gasteiger charge is -2.23. The molecule has 1 aromatic rings. The number of hydrogen-bond acceptors (Lipinski definition) is 5. The molecule has 1 heterocycles. The molecule has 0 aromatic heterocycles. The van der Waals surface area contributed by atoms with Crippen LogP contribution >= 0.6 is 0 Å². The van der Waals surface area contributed by atoms with Crippen molar-refractivity contribution >= 4 is 17.5 Å². The minimum atomic E-state index is -0.540. The fourth-order valence-electron chi connectivity index (χ4n) is 2.29. The zero-order valence-electron chi connectivity index (χ0n) is 12.4. The molecule has 22 heavy (non-hydrogen) atoms. The van der Waals surface area contributed by atoms with Crippen LogP contribution in [-0.2, 0) is 9.53 Å². The van der Waals surface area contributed by atoms with Gasteiger partial charge in [0.05, 0.1) is 4.92 Å². The van der Waals surface area contributed by atoms with Crippen LogP contribution in [-0.4, -0.2) is 34.5 Å². The highest BCUT2D eigenvalue weighted by molar-refractivity contribution is 6.05. The molecular formula is C15H18N2O5. The van der Waals surface area contributed by atoms with E-state index in [0.29, 0.717) is 13.0 Å². The van der Waals surface area contributed by atoms with E-state index in [-0.39, 0.29) is 23.6 Å². The second-order valence-corrected chi connectivity index (χ2v) is 5.09. The quantitative estimate of drug-likeness (QED) is 0.348. The van der Waals surface area contributed by atoms with Crippen molar-refractivity contribution in [3.8, 4) is 0 Å². The number of unbranched alkanes of at least 4 members (excludes halogenated alkanes) is 1. The molecule has 2 amide bonds. The number of non-ortho nitro benzene ring substituents is 1. The van der Waals surface area contributed by atoms with Crippen LogP contribution in [0.15, 0.2) is 24.3 Å². The van der Waals surface area contributed by atoms with Crippen LogP contribution in [0.1, 0.15) is 43.0 Å². The van der Waals surface area contributed by atoms with Crippen molar-refractivity contribution in [1.82, 2.24) is 4.90 Å². The molecule has 1 atom stereocenters. The summed E-state index contributed by atoms with van der Waals surface area (Å²) < 4.78 is 5.61. The summed E-state index contributed by atoms with van der Waals surface area (Å²) in [5.41, 5.74) is 0.144. The van der Waals surface area contributed by atoms with E-state index < -0.39 is 17.1 Å². The molecule has 0 bridgehead atoms. The van der Waals surface area contributed by atoms with Gasteiger partial charge < -0.3 is 4.74 Å². The zero-order chi connectivity index (χ0) is 16.1. The first-order chi connectivity index (χ1) is 10.5. The molecule has 118 valence electrons. The Morgan fingerprint density at radius 3 is 2.68 bits per heavy atom. The van der Waals surface area contributed by atoms with Gasteiger partial charge in [-0.3, -0.25) is 24.6 Å². The summed E-state index contributed by atoms with van der Waals surface area (Å²) in [5.74, 6) is -0.747. The number of carbonyl (C=O) groups excluding carboxylic acids is 2. The number of imide groups is 1. The molecule has 1 aromatic carbocycles. The van der Waals surface area contributed by atoms with Crippen molar-refractivity contribution in [3.05, 3.63) is 39.9 Å². The Balaban J connectivity index is 2.11. The smallest absolute Gasteiger partial charge is 0.269 e. The van der Waals surface area contributed by atoms with Crippen molar-refractivity contribution in [1.29, 1.82) is 0 Å². The van der Waals surface area contributed by atoms with Gasteiger partial charge in [-0.15, -0.1) is 0 Å². The summed E-state index contributed by atoms with van der Waals surface area (Å²) in [7, 11) is 0. The van der Waals surface area contributed by atoms with Crippen molar-refractivity contribution in [2.75, 3.05) is 6.61 Å². The molecule has 0 aliphatic carbocycles. The summed E-state index contributed by atoms with van der Waals surface area (Å²) in [4.78, 5) is 35.6. The van der Waals surface area contributed by atoms with E-state index >= 15 is 0 Å². The fourth-order valence-corrected chi connectivity index (χ4v) is 2.29. The van der Waals surface area contributed by atoms with Crippen LogP contribution in [0.2, 0.25) is 0 Å². The maximum atomic E-state index is 12.4. The minimum absolute atomic E-state index is 0.0972. The van der Waals surface area contributed by atoms with Gasteiger partial charge in [-0.25, -0.2) is 0 Å². The van der Waals surface area contributed by atoms with Gasteiger partial charge in [0.1, 0.15) is 6.23 Å². The maximum Gasteiger partial charge on any atom is 0.269 e. The third-order valence-corrected chi connectivity index (χ3v) is 3.51. The van der Waals surface area contributed by atoms with Crippen LogP contribution in [0.4, 0.5) is 5.69 Å². The van der Waals surface area contributed by atoms with Crippen molar-refractivity contribution in [2.24, 2.45) is 0 Å². The number of nitro benzene ring substituents is 1. The molecule has 7 nitrogen and oxygen atoms in total. The van der Waals surface area contributed by atoms with E-state index in [9.17, 15) is 19.7 Å². The van der Waals surface area contributed by atoms with Gasteiger partial charge in [-0.05, 0) is 18.6 Å². The third kappa shape index (κ3) is 3.48. The zero-order valence-corrected chi connectivity index (χ0v) is 12.4. The summed E-state index contributed by atoms with van der Waals surface area (Å²) in [6.07, 6.45) is 2.06. The summed E-state index contributed by atoms with van der Waals surface area (Å²) in [5, 5.41) is 10.6. The average Bonchev–Trinajstić information content (AvgIpc) is 2.88. The Hall–Kier alpha value is -2.28. The molecule has 0 radical (unpaired) electrons. The molecule has 1 saturated heterocycles. The van der Waals surface area contributed by atoms with Crippen molar-refractivity contribution < 1.29 is 19.2 Å². The summed E-state index contributed by atoms with van der Waals surface area (Å²) in [6.45, 7) is 2.53. The number of amides is 2. The molecule has 1 aliphatic heterocycles. The van der Waals surface area contributed by atoms with Crippen LogP contribution in [0.5, 0.6) is 0 Å². The minimum Gasteiger partial charge on any atom is -0.358 e. The highest BCUT2D eigenvalue weighted by Gasteiger charge is 2.37. The number of rotatable bonds is 6. The van der Waals surface area contributed by atoms with E-state index in [1.807, 2.05) is 6.92 Å². The van der Waals surface area contributed by atoms with E-state index in [4.69, 9.17) is 4.74 Å². The highest BCUT2D eigenvalue weighted by atomic mass is 16.6. The van der Waals surface area contributed by atoms with Crippen LogP contribution in [0.25, 0.3) is 0 Å².